The minimum absolute atomic E-state index is 0.00951. The number of fused-ring (bicyclic) bond motifs is 1. The number of hydrogen-bond acceptors (Lipinski definition) is 8. The number of carbonyl (C=O) groups is 1. The van der Waals surface area contributed by atoms with Crippen LogP contribution in [0.2, 0.25) is 10.0 Å². The van der Waals surface area contributed by atoms with Crippen LogP contribution < -0.4 is 26.2 Å². The number of ether oxygens (including phenoxy) is 1. The molecule has 11 nitrogen and oxygen atoms in total. The number of pyridine rings is 1. The maximum Gasteiger partial charge on any atom is 0.277 e. The van der Waals surface area contributed by atoms with Gasteiger partial charge in [0.1, 0.15) is 11.3 Å². The van der Waals surface area contributed by atoms with Crippen molar-refractivity contribution in [3.63, 3.8) is 0 Å². The summed E-state index contributed by atoms with van der Waals surface area (Å²) in [6, 6.07) is 17.2. The predicted molar refractivity (Wildman–Crippen MR) is 183 cm³/mol. The molecule has 2 aromatic carbocycles. The molecule has 4 N–H and O–H groups in total. The van der Waals surface area contributed by atoms with Gasteiger partial charge in [-0.2, -0.15) is 5.10 Å². The van der Waals surface area contributed by atoms with Gasteiger partial charge in [-0.1, -0.05) is 65.7 Å². The highest BCUT2D eigenvalue weighted by Crippen LogP contribution is 2.42. The molecule has 1 atom stereocenters. The van der Waals surface area contributed by atoms with Gasteiger partial charge in [0, 0.05) is 78.7 Å². The van der Waals surface area contributed by atoms with Crippen molar-refractivity contribution >= 4 is 34.6 Å². The van der Waals surface area contributed by atoms with Crippen LogP contribution >= 0.6 is 23.2 Å². The summed E-state index contributed by atoms with van der Waals surface area (Å²) in [6.45, 7) is 1.93. The second-order valence-corrected chi connectivity index (χ2v) is 12.1. The summed E-state index contributed by atoms with van der Waals surface area (Å²) in [5.74, 6) is 1.11. The molecule has 1 amide bonds. The SMILES string of the molecule is COc1nc(-c2cccc(-c3cccc(-c4cc5c(=O)n(C)c(CNCCO)nn5c4)c3Cl)c2Cl)ccc1CNCC1CCC(=O)N1. The topological polar surface area (TPSA) is 135 Å². The van der Waals surface area contributed by atoms with Crippen LogP contribution in [0.15, 0.2) is 65.6 Å². The minimum atomic E-state index is -0.192. The number of hydrogen-bond donors (Lipinski definition) is 4. The fourth-order valence-electron chi connectivity index (χ4n) is 5.80. The van der Waals surface area contributed by atoms with Crippen molar-refractivity contribution < 1.29 is 14.6 Å². The zero-order chi connectivity index (χ0) is 33.1. The van der Waals surface area contributed by atoms with Gasteiger partial charge in [-0.15, -0.1) is 0 Å². The van der Waals surface area contributed by atoms with E-state index in [4.69, 9.17) is 38.0 Å². The van der Waals surface area contributed by atoms with Crippen LogP contribution in [0.3, 0.4) is 0 Å². The van der Waals surface area contributed by atoms with E-state index in [9.17, 15) is 9.59 Å². The molecule has 1 aliphatic rings. The van der Waals surface area contributed by atoms with Crippen molar-refractivity contribution in [1.29, 1.82) is 0 Å². The van der Waals surface area contributed by atoms with Crippen LogP contribution in [-0.2, 0) is 24.9 Å². The Labute approximate surface area is 281 Å². The summed E-state index contributed by atoms with van der Waals surface area (Å²) in [7, 11) is 3.26. The van der Waals surface area contributed by atoms with Gasteiger partial charge in [0.2, 0.25) is 11.8 Å². The lowest BCUT2D eigenvalue weighted by Gasteiger charge is -2.15. The molecule has 4 heterocycles. The Morgan fingerprint density at radius 3 is 2.43 bits per heavy atom. The van der Waals surface area contributed by atoms with Gasteiger partial charge in [0.25, 0.3) is 5.56 Å². The quantitative estimate of drug-likeness (QED) is 0.145. The van der Waals surface area contributed by atoms with Crippen molar-refractivity contribution in [3.05, 3.63) is 92.6 Å². The van der Waals surface area contributed by atoms with Gasteiger partial charge in [-0.3, -0.25) is 14.2 Å². The molecule has 1 aliphatic heterocycles. The van der Waals surface area contributed by atoms with Gasteiger partial charge in [0.05, 0.1) is 36.0 Å². The van der Waals surface area contributed by atoms with Crippen molar-refractivity contribution in [2.45, 2.75) is 32.0 Å². The maximum absolute atomic E-state index is 13.1. The summed E-state index contributed by atoms with van der Waals surface area (Å²) in [5.41, 5.74) is 5.41. The summed E-state index contributed by atoms with van der Waals surface area (Å²) in [5, 5.41) is 24.1. The van der Waals surface area contributed by atoms with Crippen LogP contribution in [0.25, 0.3) is 39.0 Å². The van der Waals surface area contributed by atoms with E-state index in [1.165, 1.54) is 4.57 Å². The first-order chi connectivity index (χ1) is 22.8. The molecule has 0 bridgehead atoms. The van der Waals surface area contributed by atoms with Gasteiger partial charge in [-0.05, 0) is 18.6 Å². The number of halogens is 2. The molecule has 0 radical (unpaired) electrons. The highest BCUT2D eigenvalue weighted by atomic mass is 35.5. The zero-order valence-electron chi connectivity index (χ0n) is 26.0. The van der Waals surface area contributed by atoms with Gasteiger partial charge in [0.15, 0.2) is 0 Å². The molecule has 13 heteroatoms. The lowest BCUT2D eigenvalue weighted by atomic mass is 9.97. The number of rotatable bonds is 12. The van der Waals surface area contributed by atoms with E-state index in [-0.39, 0.29) is 24.1 Å². The molecule has 1 unspecified atom stereocenters. The summed E-state index contributed by atoms with van der Waals surface area (Å²) < 4.78 is 8.69. The van der Waals surface area contributed by atoms with E-state index in [1.807, 2.05) is 48.5 Å². The minimum Gasteiger partial charge on any atom is -0.481 e. The van der Waals surface area contributed by atoms with Crippen molar-refractivity contribution in [2.75, 3.05) is 26.8 Å². The van der Waals surface area contributed by atoms with Crippen molar-refractivity contribution in [1.82, 2.24) is 35.1 Å². The Balaban J connectivity index is 1.28. The third-order valence-corrected chi connectivity index (χ3v) is 9.12. The highest BCUT2D eigenvalue weighted by molar-refractivity contribution is 6.39. The van der Waals surface area contributed by atoms with E-state index in [0.717, 1.165) is 39.8 Å². The number of amides is 1. The first kappa shape index (κ1) is 32.7. The second kappa shape index (κ2) is 14.2. The number of benzene rings is 2. The Morgan fingerprint density at radius 1 is 1.00 bits per heavy atom. The van der Waals surface area contributed by atoms with E-state index >= 15 is 0 Å². The van der Waals surface area contributed by atoms with Crippen LogP contribution in [0.1, 0.15) is 24.2 Å². The Bertz CT molecular complexity index is 2010. The smallest absolute Gasteiger partial charge is 0.277 e. The van der Waals surface area contributed by atoms with E-state index in [1.54, 1.807) is 30.9 Å². The van der Waals surface area contributed by atoms with Gasteiger partial charge in [-0.25, -0.2) is 9.50 Å². The Kier molecular flexibility index (Phi) is 9.90. The molecule has 47 heavy (non-hydrogen) atoms. The number of methoxy groups -OCH3 is 1. The normalized spacial score (nSPS) is 14.6. The van der Waals surface area contributed by atoms with Crippen LogP contribution in [0, 0.1) is 0 Å². The number of carbonyl (C=O) groups excluding carboxylic acids is 1. The van der Waals surface area contributed by atoms with Crippen molar-refractivity contribution in [2.24, 2.45) is 7.05 Å². The molecular weight excluding hydrogens is 641 g/mol. The summed E-state index contributed by atoms with van der Waals surface area (Å²) >= 11 is 14.1. The first-order valence-corrected chi connectivity index (χ1v) is 16.1. The van der Waals surface area contributed by atoms with Crippen LogP contribution in [0.5, 0.6) is 5.88 Å². The van der Waals surface area contributed by atoms with Crippen LogP contribution in [-0.4, -0.2) is 63.0 Å². The van der Waals surface area contributed by atoms with Gasteiger partial charge >= 0.3 is 0 Å². The molecule has 6 rings (SSSR count). The van der Waals surface area contributed by atoms with E-state index in [2.05, 4.69) is 21.0 Å². The molecule has 3 aromatic heterocycles. The molecule has 244 valence electrons. The average molecular weight is 677 g/mol. The average Bonchev–Trinajstić information content (AvgIpc) is 3.70. The monoisotopic (exact) mass is 675 g/mol. The number of aromatic nitrogens is 4. The molecule has 0 saturated carbocycles. The lowest BCUT2D eigenvalue weighted by molar-refractivity contribution is -0.119. The van der Waals surface area contributed by atoms with E-state index < -0.39 is 0 Å². The third-order valence-electron chi connectivity index (χ3n) is 8.30. The second-order valence-electron chi connectivity index (χ2n) is 11.4. The fraction of sp³-hybridized carbons (Fsp3) is 0.294. The third kappa shape index (κ3) is 6.76. The predicted octanol–water partition coefficient (Wildman–Crippen LogP) is 4.19. The summed E-state index contributed by atoms with van der Waals surface area (Å²) in [6.07, 6.45) is 3.18. The molecule has 5 aromatic rings. The Morgan fingerprint density at radius 2 is 1.72 bits per heavy atom. The summed E-state index contributed by atoms with van der Waals surface area (Å²) in [4.78, 5) is 29.4. The number of aliphatic hydroxyl groups is 1. The number of nitrogens with zero attached hydrogens (tertiary/aromatic N) is 4. The highest BCUT2D eigenvalue weighted by Gasteiger charge is 2.21. The number of aliphatic hydroxyl groups excluding tert-OH is 1. The molecule has 1 saturated heterocycles. The van der Waals surface area contributed by atoms with E-state index in [0.29, 0.717) is 65.6 Å². The van der Waals surface area contributed by atoms with Crippen LogP contribution in [0.4, 0.5) is 0 Å². The number of nitrogens with one attached hydrogen (secondary N) is 3. The molecular formula is C34H35Cl2N7O4. The fourth-order valence-corrected chi connectivity index (χ4v) is 6.46. The Hall–Kier alpha value is -4.26. The molecule has 1 fully saturated rings. The standard InChI is InChI=1S/C34H35Cl2N7O4/c1-42-29(18-37-13-14-44)41-43-19-21(15-28(43)34(42)46)23-5-3-6-24(31(23)35)25-7-4-8-26(32(25)36)27-11-9-20(33(40-27)47-2)16-38-17-22-10-12-30(45)39-22/h3-9,11,15,19,22,37-38,44H,10,12-14,16-18H2,1-2H3,(H,39,45). The zero-order valence-corrected chi connectivity index (χ0v) is 27.5. The maximum atomic E-state index is 13.1. The molecule has 0 spiro atoms. The molecule has 0 aliphatic carbocycles. The van der Waals surface area contributed by atoms with Crippen molar-refractivity contribution in [3.8, 4) is 39.4 Å². The van der Waals surface area contributed by atoms with Gasteiger partial charge < -0.3 is 25.8 Å². The lowest BCUT2D eigenvalue weighted by Crippen LogP contribution is -2.35. The largest absolute Gasteiger partial charge is 0.481 e. The first-order valence-electron chi connectivity index (χ1n) is 15.3.